The van der Waals surface area contributed by atoms with E-state index in [-0.39, 0.29) is 26.5 Å². The molecule has 7 nitrogen and oxygen atoms in total. The van der Waals surface area contributed by atoms with E-state index in [1.54, 1.807) is 0 Å². The molecule has 380 valence electrons. The Morgan fingerprint density at radius 1 is 0.545 bits per heavy atom. The van der Waals surface area contributed by atoms with Crippen LogP contribution in [0.25, 0.3) is 93.5 Å². The first-order valence-electron chi connectivity index (χ1n) is 28.7. The molecule has 0 unspecified atom stereocenters. The second-order valence-corrected chi connectivity index (χ2v) is 21.2. The van der Waals surface area contributed by atoms with Gasteiger partial charge in [0.1, 0.15) is 5.82 Å². The quantitative estimate of drug-likeness (QED) is 0.149. The Hall–Kier alpha value is -8.38. The number of rotatable bonds is 7. The Bertz CT molecular complexity index is 4650. The summed E-state index contributed by atoms with van der Waals surface area (Å²) in [5, 5.41) is 4.90. The Labute approximate surface area is 471 Å². The van der Waals surface area contributed by atoms with Gasteiger partial charge in [-0.2, -0.15) is 6.07 Å². The summed E-state index contributed by atoms with van der Waals surface area (Å²) < 4.78 is 66.7. The molecule has 0 aliphatic carbocycles. The van der Waals surface area contributed by atoms with Gasteiger partial charge in [-0.1, -0.05) is 141 Å². The summed E-state index contributed by atoms with van der Waals surface area (Å²) in [6.45, 7) is 9.65. The molecule has 0 spiro atoms. The van der Waals surface area contributed by atoms with E-state index in [0.29, 0.717) is 61.4 Å². The minimum atomic E-state index is -2.66. The van der Waals surface area contributed by atoms with Crippen LogP contribution in [-0.2, 0) is 40.4 Å². The maximum Gasteiger partial charge on any atom is 0.135 e. The van der Waals surface area contributed by atoms with Crippen LogP contribution in [0.1, 0.15) is 51.2 Å². The van der Waals surface area contributed by atoms with E-state index in [9.17, 15) is 0 Å². The first kappa shape index (κ1) is 41.8. The number of fused-ring (bicyclic) bond motifs is 10. The van der Waals surface area contributed by atoms with Crippen LogP contribution in [0.4, 0.5) is 22.7 Å². The van der Waals surface area contributed by atoms with Gasteiger partial charge in [0.25, 0.3) is 0 Å². The molecule has 8 heteroatoms. The van der Waals surface area contributed by atoms with Gasteiger partial charge in [-0.15, -0.1) is 53.6 Å². The van der Waals surface area contributed by atoms with E-state index >= 15 is 0 Å². The zero-order chi connectivity index (χ0) is 56.7. The van der Waals surface area contributed by atoms with Crippen molar-refractivity contribution >= 4 is 88.2 Å². The number of para-hydroxylation sites is 5. The SMILES string of the molecule is [2H]C([2H])([2H])n1c2ccccc2c2cc3c4ccccc4n(C([2H])([2H])[2H])c3c(N3[CH-]N(c4[c-]c(Oc5[c-]c6c(cc5)c5ccccc5n6-c5cc(C(C)(C)C)c(-c6ccccc6)cn5)cc(-c5c(C)cc(C)cc5C)c4)c4ccccc43)c21.[Pt]. The number of benzene rings is 9. The molecule has 0 N–H and O–H groups in total. The van der Waals surface area contributed by atoms with Crippen LogP contribution in [0, 0.1) is 39.6 Å². The third kappa shape index (κ3) is 7.61. The summed E-state index contributed by atoms with van der Waals surface area (Å²) >= 11 is 0. The van der Waals surface area contributed by atoms with Crippen LogP contribution < -0.4 is 14.5 Å². The summed E-state index contributed by atoms with van der Waals surface area (Å²) in [5.74, 6) is 1.68. The van der Waals surface area contributed by atoms with Gasteiger partial charge in [0.05, 0.1) is 16.7 Å². The van der Waals surface area contributed by atoms with Crippen molar-refractivity contribution in [2.75, 3.05) is 9.80 Å². The third-order valence-corrected chi connectivity index (χ3v) is 15.3. The van der Waals surface area contributed by atoms with Gasteiger partial charge in [0.15, 0.2) is 0 Å². The third-order valence-electron chi connectivity index (χ3n) is 15.3. The van der Waals surface area contributed by atoms with E-state index in [4.69, 9.17) is 17.9 Å². The summed E-state index contributed by atoms with van der Waals surface area (Å²) in [5.41, 5.74) is 14.5. The minimum Gasteiger partial charge on any atom is -0.509 e. The van der Waals surface area contributed by atoms with Crippen LogP contribution >= 0.6 is 0 Å². The maximum absolute atomic E-state index is 9.11. The predicted molar refractivity (Wildman–Crippen MR) is 316 cm³/mol. The minimum absolute atomic E-state index is 0. The Kier molecular flexibility index (Phi) is 9.85. The van der Waals surface area contributed by atoms with Crippen molar-refractivity contribution < 1.29 is 34.0 Å². The van der Waals surface area contributed by atoms with Gasteiger partial charge in [-0.3, -0.25) is 0 Å². The first-order chi connectivity index (χ1) is 39.3. The number of aromatic nitrogens is 4. The molecule has 9 aromatic carbocycles. The van der Waals surface area contributed by atoms with Crippen molar-refractivity contribution in [3.63, 3.8) is 0 Å². The van der Waals surface area contributed by atoms with Gasteiger partial charge >= 0.3 is 0 Å². The fourth-order valence-electron chi connectivity index (χ4n) is 12.1. The Morgan fingerprint density at radius 2 is 1.13 bits per heavy atom. The molecule has 0 saturated carbocycles. The van der Waals surface area contributed by atoms with Crippen LogP contribution in [0.5, 0.6) is 11.5 Å². The first-order valence-corrected chi connectivity index (χ1v) is 25.7. The van der Waals surface area contributed by atoms with Gasteiger partial charge in [0.2, 0.25) is 0 Å². The topological polar surface area (TPSA) is 43.4 Å². The van der Waals surface area contributed by atoms with Crippen LogP contribution in [0.3, 0.4) is 0 Å². The zero-order valence-electron chi connectivity index (χ0n) is 49.3. The summed E-state index contributed by atoms with van der Waals surface area (Å²) in [6, 6.07) is 65.7. The van der Waals surface area contributed by atoms with E-state index in [2.05, 4.69) is 131 Å². The normalized spacial score (nSPS) is 14.2. The number of hydrogen-bond donors (Lipinski definition) is 0. The molecular formula is C69H55N6OPt-3. The van der Waals surface area contributed by atoms with Gasteiger partial charge in [0, 0.05) is 116 Å². The van der Waals surface area contributed by atoms with Crippen molar-refractivity contribution in [3.05, 3.63) is 223 Å². The summed E-state index contributed by atoms with van der Waals surface area (Å²) in [7, 11) is 0. The number of ether oxygens (including phenoxy) is 1. The molecule has 0 saturated heterocycles. The summed E-state index contributed by atoms with van der Waals surface area (Å²) in [6.07, 6.45) is 1.99. The molecule has 1 aliphatic heterocycles. The average Bonchev–Trinajstić information content (AvgIpc) is 1.76. The molecule has 77 heavy (non-hydrogen) atoms. The van der Waals surface area contributed by atoms with E-state index in [1.165, 1.54) is 14.7 Å². The number of pyridine rings is 1. The molecule has 13 aromatic rings. The number of aryl methyl sites for hydroxylation is 5. The number of hydrogen-bond acceptors (Lipinski definition) is 4. The molecule has 0 fully saturated rings. The average molecular weight is 1190 g/mol. The number of anilines is 4. The fraction of sp³-hybridized carbons (Fsp3) is 0.130. The standard InChI is InChI=1S/C69H55N6O.Pt/c1-42-32-43(2)65(44(3)33-42)46-34-47(73-41-74(62-29-19-18-28-61(62)73)68-66-54(51-23-12-15-25-58(51)71(66)7)38-55-52-24-13-16-26-59(52)72(8)67(55)68)36-49(35-46)76-48-30-31-53-50-22-14-17-27-60(50)75(63(53)37-48)64-39-57(69(4,5)6)56(40-70-64)45-20-10-9-11-21-45;/h9-35,38-41H,1-8H3;/q-3;/i7D3,8D3;. The van der Waals surface area contributed by atoms with E-state index < -0.39 is 14.0 Å². The van der Waals surface area contributed by atoms with Crippen LogP contribution in [0.15, 0.2) is 182 Å². The Morgan fingerprint density at radius 3 is 1.77 bits per heavy atom. The van der Waals surface area contributed by atoms with Crippen molar-refractivity contribution in [1.82, 2.24) is 18.7 Å². The van der Waals surface area contributed by atoms with Crippen LogP contribution in [0.2, 0.25) is 0 Å². The molecular weight excluding hydrogens is 1120 g/mol. The number of nitrogens with zero attached hydrogens (tertiary/aromatic N) is 6. The van der Waals surface area contributed by atoms with Crippen molar-refractivity contribution in [2.24, 2.45) is 14.0 Å². The summed E-state index contributed by atoms with van der Waals surface area (Å²) in [4.78, 5) is 9.15. The largest absolute Gasteiger partial charge is 0.509 e. The van der Waals surface area contributed by atoms with Gasteiger partial charge < -0.3 is 28.2 Å². The van der Waals surface area contributed by atoms with Crippen LogP contribution in [-0.4, -0.2) is 18.7 Å². The van der Waals surface area contributed by atoms with Gasteiger partial charge in [-0.25, -0.2) is 4.98 Å². The second kappa shape index (κ2) is 18.1. The molecule has 0 radical (unpaired) electrons. The van der Waals surface area contributed by atoms with Crippen molar-refractivity contribution in [2.45, 2.75) is 47.0 Å². The zero-order valence-corrected chi connectivity index (χ0v) is 45.6. The molecule has 4 aromatic heterocycles. The second-order valence-electron chi connectivity index (χ2n) is 21.2. The van der Waals surface area contributed by atoms with Gasteiger partial charge in [-0.05, 0) is 102 Å². The smallest absolute Gasteiger partial charge is 0.135 e. The monoisotopic (exact) mass is 1180 g/mol. The van der Waals surface area contributed by atoms with Crippen molar-refractivity contribution in [1.29, 1.82) is 0 Å². The molecule has 0 atom stereocenters. The molecule has 0 amide bonds. The fourth-order valence-corrected chi connectivity index (χ4v) is 12.1. The molecule has 0 bridgehead atoms. The Balaban J connectivity index is 0.00000645. The molecule has 1 aliphatic rings. The molecule has 5 heterocycles. The predicted octanol–water partition coefficient (Wildman–Crippen LogP) is 17.8. The van der Waals surface area contributed by atoms with E-state index in [0.717, 1.165) is 83.0 Å². The maximum atomic E-state index is 9.11. The van der Waals surface area contributed by atoms with Crippen molar-refractivity contribution in [3.8, 4) is 39.6 Å². The van der Waals surface area contributed by atoms with E-state index in [1.807, 2.05) is 126 Å². The molecule has 14 rings (SSSR count).